The fourth-order valence-electron chi connectivity index (χ4n) is 1.35. The van der Waals surface area contributed by atoms with Crippen LogP contribution in [0.25, 0.3) is 16.3 Å². The Kier molecular flexibility index (Phi) is 3.07. The van der Waals surface area contributed by atoms with Crippen molar-refractivity contribution in [3.63, 3.8) is 0 Å². The summed E-state index contributed by atoms with van der Waals surface area (Å²) in [6.45, 7) is 2.01. The molecule has 16 heavy (non-hydrogen) atoms. The van der Waals surface area contributed by atoms with Crippen LogP contribution < -0.4 is 0 Å². The summed E-state index contributed by atoms with van der Waals surface area (Å²) in [5.41, 5.74) is 2.03. The summed E-state index contributed by atoms with van der Waals surface area (Å²) in [7, 11) is 0. The summed E-state index contributed by atoms with van der Waals surface area (Å²) >= 11 is 4.92. The number of aromatic nitrogens is 1. The van der Waals surface area contributed by atoms with Gasteiger partial charge >= 0.3 is 5.97 Å². The second kappa shape index (κ2) is 4.35. The van der Waals surface area contributed by atoms with Crippen LogP contribution >= 0.6 is 27.3 Å². The zero-order chi connectivity index (χ0) is 11.7. The Bertz CT molecular complexity index is 589. The number of carbonyl (C=O) groups is 1. The highest BCUT2D eigenvalue weighted by molar-refractivity contribution is 9.10. The summed E-state index contributed by atoms with van der Waals surface area (Å²) in [5, 5.41) is 9.23. The molecule has 0 saturated carbocycles. The van der Waals surface area contributed by atoms with Gasteiger partial charge in [-0.3, -0.25) is 0 Å². The van der Waals surface area contributed by atoms with Crippen molar-refractivity contribution in [1.82, 2.24) is 4.98 Å². The maximum Gasteiger partial charge on any atom is 0.328 e. The van der Waals surface area contributed by atoms with E-state index in [2.05, 4.69) is 20.9 Å². The smallest absolute Gasteiger partial charge is 0.328 e. The highest BCUT2D eigenvalue weighted by Crippen LogP contribution is 2.30. The summed E-state index contributed by atoms with van der Waals surface area (Å²) in [5.74, 6) is -0.963. The molecular weight excluding hydrogens is 290 g/mol. The third kappa shape index (κ3) is 2.31. The molecule has 1 N–H and O–H groups in total. The van der Waals surface area contributed by atoms with Gasteiger partial charge in [0.2, 0.25) is 0 Å². The molecule has 0 amide bonds. The number of thiazole rings is 1. The maximum atomic E-state index is 10.4. The van der Waals surface area contributed by atoms with Crippen LogP contribution in [-0.4, -0.2) is 16.1 Å². The predicted octanol–water partition coefficient (Wildman–Crippen LogP) is 3.47. The van der Waals surface area contributed by atoms with Gasteiger partial charge in [0, 0.05) is 10.5 Å². The van der Waals surface area contributed by atoms with Crippen LogP contribution in [0.5, 0.6) is 0 Å². The van der Waals surface area contributed by atoms with Crippen molar-refractivity contribution in [1.29, 1.82) is 0 Å². The molecule has 1 heterocycles. The van der Waals surface area contributed by atoms with Gasteiger partial charge in [0.25, 0.3) is 0 Å². The van der Waals surface area contributed by atoms with Gasteiger partial charge < -0.3 is 5.11 Å². The molecular formula is C11H8BrNO2S. The number of aryl methyl sites for hydroxylation is 1. The van der Waals surface area contributed by atoms with Gasteiger partial charge in [-0.2, -0.15) is 0 Å². The van der Waals surface area contributed by atoms with Crippen molar-refractivity contribution in [2.45, 2.75) is 6.92 Å². The van der Waals surface area contributed by atoms with E-state index in [1.807, 2.05) is 19.1 Å². The first-order valence-electron chi connectivity index (χ1n) is 4.54. The lowest BCUT2D eigenvalue weighted by Crippen LogP contribution is -1.85. The molecule has 0 aliphatic carbocycles. The molecule has 0 aliphatic heterocycles. The van der Waals surface area contributed by atoms with Gasteiger partial charge in [-0.05, 0) is 46.6 Å². The minimum absolute atomic E-state index is 0.698. The van der Waals surface area contributed by atoms with Crippen molar-refractivity contribution in [2.75, 3.05) is 0 Å². The summed E-state index contributed by atoms with van der Waals surface area (Å²) in [6, 6.07) is 4.03. The maximum absolute atomic E-state index is 10.4. The Balaban J connectivity index is 2.52. The average molecular weight is 298 g/mol. The van der Waals surface area contributed by atoms with E-state index in [0.717, 1.165) is 26.3 Å². The van der Waals surface area contributed by atoms with Crippen LogP contribution in [0.2, 0.25) is 0 Å². The predicted molar refractivity (Wildman–Crippen MR) is 68.7 cm³/mol. The fraction of sp³-hybridized carbons (Fsp3) is 0.0909. The first-order chi connectivity index (χ1) is 7.56. The first kappa shape index (κ1) is 11.3. The number of rotatable bonds is 2. The minimum Gasteiger partial charge on any atom is -0.478 e. The molecule has 1 aromatic carbocycles. The number of benzene rings is 1. The van der Waals surface area contributed by atoms with Crippen LogP contribution in [0.4, 0.5) is 0 Å². The van der Waals surface area contributed by atoms with Crippen LogP contribution in [0.15, 0.2) is 22.7 Å². The Morgan fingerprint density at radius 2 is 2.31 bits per heavy atom. The van der Waals surface area contributed by atoms with Gasteiger partial charge in [0.15, 0.2) is 0 Å². The number of aliphatic carboxylic acids is 1. The molecule has 0 spiro atoms. The third-order valence-corrected chi connectivity index (χ3v) is 3.55. The first-order valence-corrected chi connectivity index (χ1v) is 6.15. The summed E-state index contributed by atoms with van der Waals surface area (Å²) in [6.07, 6.45) is 2.60. The molecule has 82 valence electrons. The molecule has 0 saturated heterocycles. The van der Waals surface area contributed by atoms with Crippen molar-refractivity contribution in [3.05, 3.63) is 33.3 Å². The van der Waals surface area contributed by atoms with Crippen LogP contribution in [-0.2, 0) is 4.79 Å². The quantitative estimate of drug-likeness (QED) is 0.864. The van der Waals surface area contributed by atoms with Gasteiger partial charge in [0.1, 0.15) is 5.01 Å². The highest BCUT2D eigenvalue weighted by Gasteiger charge is 2.06. The number of carboxylic acid groups (broad SMARTS) is 1. The largest absolute Gasteiger partial charge is 0.478 e. The van der Waals surface area contributed by atoms with Crippen LogP contribution in [0.1, 0.15) is 10.6 Å². The second-order valence-electron chi connectivity index (χ2n) is 3.32. The molecule has 0 bridgehead atoms. The monoisotopic (exact) mass is 297 g/mol. The molecule has 3 nitrogen and oxygen atoms in total. The number of hydrogen-bond donors (Lipinski definition) is 1. The van der Waals surface area contributed by atoms with Crippen LogP contribution in [0, 0.1) is 6.92 Å². The molecule has 0 aliphatic rings. The van der Waals surface area contributed by atoms with E-state index in [-0.39, 0.29) is 0 Å². The number of halogens is 1. The van der Waals surface area contributed by atoms with Gasteiger partial charge in [-0.1, -0.05) is 0 Å². The Labute approximate surface area is 105 Å². The molecule has 0 unspecified atom stereocenters. The number of fused-ring (bicyclic) bond motifs is 1. The molecule has 0 atom stereocenters. The zero-order valence-corrected chi connectivity index (χ0v) is 10.8. The van der Waals surface area contributed by atoms with Gasteiger partial charge in [0.05, 0.1) is 10.2 Å². The number of hydrogen-bond acceptors (Lipinski definition) is 3. The topological polar surface area (TPSA) is 50.2 Å². The van der Waals surface area contributed by atoms with Gasteiger partial charge in [-0.15, -0.1) is 11.3 Å². The van der Waals surface area contributed by atoms with E-state index in [9.17, 15) is 4.79 Å². The average Bonchev–Trinajstić information content (AvgIpc) is 2.57. The van der Waals surface area contributed by atoms with E-state index >= 15 is 0 Å². The molecule has 5 heteroatoms. The Morgan fingerprint density at radius 1 is 1.56 bits per heavy atom. The van der Waals surface area contributed by atoms with E-state index in [4.69, 9.17) is 5.11 Å². The van der Waals surface area contributed by atoms with Crippen LogP contribution in [0.3, 0.4) is 0 Å². The van der Waals surface area contributed by atoms with Crippen molar-refractivity contribution >= 4 is 49.5 Å². The molecule has 0 fully saturated rings. The standard InChI is InChI=1S/C11H8BrNO2S/c1-6-4-7(12)11-8(5-6)16-9(13-11)2-3-10(14)15/h2-5H,1H3,(H,14,15)/b3-2+. The highest BCUT2D eigenvalue weighted by atomic mass is 79.9. The van der Waals surface area contributed by atoms with E-state index in [1.165, 1.54) is 17.4 Å². The van der Waals surface area contributed by atoms with E-state index in [1.54, 1.807) is 0 Å². The lowest BCUT2D eigenvalue weighted by atomic mass is 10.2. The summed E-state index contributed by atoms with van der Waals surface area (Å²) in [4.78, 5) is 14.7. The lowest BCUT2D eigenvalue weighted by molar-refractivity contribution is -0.131. The third-order valence-electron chi connectivity index (χ3n) is 1.98. The van der Waals surface area contributed by atoms with Gasteiger partial charge in [-0.25, -0.2) is 9.78 Å². The number of carboxylic acids is 1. The fourth-order valence-corrected chi connectivity index (χ4v) is 3.14. The van der Waals surface area contributed by atoms with Crippen molar-refractivity contribution in [2.24, 2.45) is 0 Å². The van der Waals surface area contributed by atoms with E-state index in [0.29, 0.717) is 5.01 Å². The Hall–Kier alpha value is -1.20. The SMILES string of the molecule is Cc1cc(Br)c2nc(/C=C/C(=O)O)sc2c1. The molecule has 1 aromatic heterocycles. The number of nitrogens with zero attached hydrogens (tertiary/aromatic N) is 1. The Morgan fingerprint density at radius 3 is 3.00 bits per heavy atom. The van der Waals surface area contributed by atoms with E-state index < -0.39 is 5.97 Å². The molecule has 0 radical (unpaired) electrons. The second-order valence-corrected chi connectivity index (χ2v) is 5.23. The summed E-state index contributed by atoms with van der Waals surface area (Å²) < 4.78 is 1.99. The molecule has 2 aromatic rings. The normalized spacial score (nSPS) is 11.4. The van der Waals surface area contributed by atoms with Crippen molar-refractivity contribution < 1.29 is 9.90 Å². The lowest BCUT2D eigenvalue weighted by Gasteiger charge is -1.94. The van der Waals surface area contributed by atoms with Crippen molar-refractivity contribution in [3.8, 4) is 0 Å². The zero-order valence-electron chi connectivity index (χ0n) is 8.40. The minimum atomic E-state index is -0.963. The molecule has 2 rings (SSSR count).